The molecule has 25 heavy (non-hydrogen) atoms. The van der Waals surface area contributed by atoms with Gasteiger partial charge >= 0.3 is 5.97 Å². The Hall–Kier alpha value is -1.73. The number of thiophene rings is 1. The second-order valence-corrected chi connectivity index (χ2v) is 7.97. The summed E-state index contributed by atoms with van der Waals surface area (Å²) in [5.74, 6) is -0.435. The van der Waals surface area contributed by atoms with Crippen LogP contribution in [0.1, 0.15) is 63.0 Å². The average molecular weight is 381 g/mol. The molecule has 2 aromatic heterocycles. The first kappa shape index (κ1) is 19.6. The maximum absolute atomic E-state index is 13.0. The number of esters is 1. The zero-order chi connectivity index (χ0) is 18.4. The smallest absolute Gasteiger partial charge is 0.350 e. The monoisotopic (exact) mass is 380 g/mol. The summed E-state index contributed by atoms with van der Waals surface area (Å²) in [7, 11) is 0. The lowest BCUT2D eigenvalue weighted by molar-refractivity contribution is 0.0531. The predicted molar refractivity (Wildman–Crippen MR) is 103 cm³/mol. The summed E-state index contributed by atoms with van der Waals surface area (Å²) in [6.07, 6.45) is 3.02. The normalized spacial score (nSPS) is 10.7. The first-order chi connectivity index (χ1) is 12.0. The molecular weight excluding hydrogens is 356 g/mol. The van der Waals surface area contributed by atoms with Crippen LogP contribution < -0.4 is 4.90 Å². The number of thiazole rings is 1. The number of hydrogen-bond acceptors (Lipinski definition) is 6. The van der Waals surface area contributed by atoms with Crippen LogP contribution in [0.2, 0.25) is 0 Å². The van der Waals surface area contributed by atoms with E-state index in [0.717, 1.165) is 24.1 Å². The number of anilines is 1. The minimum absolute atomic E-state index is 0.0571. The third-order valence-corrected chi connectivity index (χ3v) is 5.81. The summed E-state index contributed by atoms with van der Waals surface area (Å²) in [5.41, 5.74) is 0.606. The topological polar surface area (TPSA) is 59.5 Å². The van der Waals surface area contributed by atoms with Gasteiger partial charge in [-0.05, 0) is 39.3 Å². The predicted octanol–water partition coefficient (Wildman–Crippen LogP) is 4.84. The Labute approximate surface area is 156 Å². The third-order valence-electron chi connectivity index (χ3n) is 3.66. The molecular formula is C18H24N2O3S2. The van der Waals surface area contributed by atoms with E-state index in [1.54, 1.807) is 18.7 Å². The van der Waals surface area contributed by atoms with E-state index in [1.165, 1.54) is 22.7 Å². The van der Waals surface area contributed by atoms with Crippen molar-refractivity contribution in [2.45, 2.75) is 47.0 Å². The molecule has 2 rings (SSSR count). The lowest BCUT2D eigenvalue weighted by Crippen LogP contribution is -2.31. The molecule has 1 amide bonds. The van der Waals surface area contributed by atoms with Crippen LogP contribution in [0.5, 0.6) is 0 Å². The van der Waals surface area contributed by atoms with Gasteiger partial charge in [-0.2, -0.15) is 0 Å². The molecule has 0 aliphatic heterocycles. The lowest BCUT2D eigenvalue weighted by atomic mass is 10.2. The number of hydrogen-bond donors (Lipinski definition) is 0. The molecule has 7 heteroatoms. The van der Waals surface area contributed by atoms with Crippen LogP contribution >= 0.6 is 22.7 Å². The van der Waals surface area contributed by atoms with Crippen LogP contribution in [-0.4, -0.2) is 30.0 Å². The maximum atomic E-state index is 13.0. The molecule has 0 atom stereocenters. The Morgan fingerprint density at radius 2 is 1.92 bits per heavy atom. The van der Waals surface area contributed by atoms with E-state index in [-0.39, 0.29) is 11.9 Å². The highest BCUT2D eigenvalue weighted by molar-refractivity contribution is 7.18. The van der Waals surface area contributed by atoms with Crippen molar-refractivity contribution in [3.05, 3.63) is 32.5 Å². The van der Waals surface area contributed by atoms with Gasteiger partial charge in [-0.25, -0.2) is 9.78 Å². The van der Waals surface area contributed by atoms with Gasteiger partial charge in [0.1, 0.15) is 4.88 Å². The Bertz CT molecular complexity index is 737. The molecule has 2 aromatic rings. The minimum atomic E-state index is -0.378. The van der Waals surface area contributed by atoms with Crippen LogP contribution in [0.25, 0.3) is 0 Å². The van der Waals surface area contributed by atoms with Crippen molar-refractivity contribution in [2.24, 2.45) is 0 Å². The molecule has 0 spiro atoms. The molecule has 5 nitrogen and oxygen atoms in total. The number of carbonyl (C=O) groups is 2. The summed E-state index contributed by atoms with van der Waals surface area (Å²) in [4.78, 5) is 33.4. The molecule has 0 N–H and O–H groups in total. The van der Waals surface area contributed by atoms with Gasteiger partial charge in [0, 0.05) is 11.4 Å². The Morgan fingerprint density at radius 1 is 1.16 bits per heavy atom. The second kappa shape index (κ2) is 9.10. The Morgan fingerprint density at radius 3 is 2.52 bits per heavy atom. The number of aryl methyl sites for hydroxylation is 2. The number of aromatic nitrogens is 1. The van der Waals surface area contributed by atoms with Crippen molar-refractivity contribution < 1.29 is 14.3 Å². The molecule has 0 unspecified atom stereocenters. The molecule has 0 bridgehead atoms. The van der Waals surface area contributed by atoms with Gasteiger partial charge < -0.3 is 4.74 Å². The maximum Gasteiger partial charge on any atom is 0.350 e. The molecule has 136 valence electrons. The zero-order valence-corrected chi connectivity index (χ0v) is 16.8. The summed E-state index contributed by atoms with van der Waals surface area (Å²) < 4.78 is 5.08. The van der Waals surface area contributed by atoms with E-state index in [0.29, 0.717) is 33.7 Å². The van der Waals surface area contributed by atoms with Gasteiger partial charge in [0.25, 0.3) is 5.91 Å². The first-order valence-corrected chi connectivity index (χ1v) is 10.1. The van der Waals surface area contributed by atoms with Crippen LogP contribution in [0, 0.1) is 13.8 Å². The van der Waals surface area contributed by atoms with Gasteiger partial charge in [0.15, 0.2) is 5.13 Å². The zero-order valence-electron chi connectivity index (χ0n) is 15.1. The molecule has 0 aromatic carbocycles. The fourth-order valence-electron chi connectivity index (χ4n) is 2.37. The highest BCUT2D eigenvalue weighted by Gasteiger charge is 2.25. The summed E-state index contributed by atoms with van der Waals surface area (Å²) in [6.45, 7) is 8.57. The number of ether oxygens (including phenoxy) is 1. The average Bonchev–Trinajstić information content (AvgIpc) is 3.17. The highest BCUT2D eigenvalue weighted by atomic mass is 32.1. The summed E-state index contributed by atoms with van der Waals surface area (Å²) >= 11 is 2.71. The van der Waals surface area contributed by atoms with E-state index in [2.05, 4.69) is 11.9 Å². The molecule has 0 saturated heterocycles. The number of unbranched alkanes of at least 4 members (excludes halogenated alkanes) is 2. The molecule has 0 saturated carbocycles. The van der Waals surface area contributed by atoms with Gasteiger partial charge in [0.2, 0.25) is 0 Å². The summed E-state index contributed by atoms with van der Waals surface area (Å²) in [6, 6.07) is 3.79. The summed E-state index contributed by atoms with van der Waals surface area (Å²) in [5, 5.41) is 0.563. The largest absolute Gasteiger partial charge is 0.462 e. The van der Waals surface area contributed by atoms with E-state index in [1.807, 2.05) is 19.1 Å². The van der Waals surface area contributed by atoms with Crippen molar-refractivity contribution >= 4 is 39.7 Å². The fraction of sp³-hybridized carbons (Fsp3) is 0.500. The van der Waals surface area contributed by atoms with Crippen molar-refractivity contribution in [2.75, 3.05) is 18.1 Å². The van der Waals surface area contributed by atoms with E-state index in [4.69, 9.17) is 4.74 Å². The second-order valence-electron chi connectivity index (χ2n) is 5.71. The molecule has 2 heterocycles. The third kappa shape index (κ3) is 4.89. The number of amides is 1. The van der Waals surface area contributed by atoms with Crippen LogP contribution in [0.4, 0.5) is 5.13 Å². The van der Waals surface area contributed by atoms with Crippen LogP contribution in [0.15, 0.2) is 12.1 Å². The van der Waals surface area contributed by atoms with Crippen molar-refractivity contribution in [1.29, 1.82) is 0 Å². The first-order valence-electron chi connectivity index (χ1n) is 8.50. The van der Waals surface area contributed by atoms with Gasteiger partial charge in [-0.3, -0.25) is 9.69 Å². The van der Waals surface area contributed by atoms with Gasteiger partial charge in [0.05, 0.1) is 17.2 Å². The lowest BCUT2D eigenvalue weighted by Gasteiger charge is -2.19. The number of carbonyl (C=O) groups excluding carboxylic acids is 2. The van der Waals surface area contributed by atoms with Crippen molar-refractivity contribution in [3.63, 3.8) is 0 Å². The SMILES string of the molecule is CCCCCN(C(=O)c1ccc(C)s1)c1nc(C)c(C(=O)OCC)s1. The van der Waals surface area contributed by atoms with Crippen molar-refractivity contribution in [1.82, 2.24) is 4.98 Å². The van der Waals surface area contributed by atoms with Gasteiger partial charge in [-0.1, -0.05) is 31.1 Å². The van der Waals surface area contributed by atoms with Crippen molar-refractivity contribution in [3.8, 4) is 0 Å². The molecule has 0 fully saturated rings. The quantitative estimate of drug-likeness (QED) is 0.486. The van der Waals surface area contributed by atoms with E-state index in [9.17, 15) is 9.59 Å². The van der Waals surface area contributed by atoms with E-state index >= 15 is 0 Å². The van der Waals surface area contributed by atoms with Gasteiger partial charge in [-0.15, -0.1) is 11.3 Å². The Balaban J connectivity index is 2.30. The molecule has 0 aliphatic rings. The molecule has 0 radical (unpaired) electrons. The Kier molecular flexibility index (Phi) is 7.13. The number of rotatable bonds is 8. The fourth-order valence-corrected chi connectivity index (χ4v) is 4.17. The molecule has 0 aliphatic carbocycles. The minimum Gasteiger partial charge on any atom is -0.462 e. The highest BCUT2D eigenvalue weighted by Crippen LogP contribution is 2.29. The van der Waals surface area contributed by atoms with Crippen LogP contribution in [-0.2, 0) is 4.74 Å². The van der Waals surface area contributed by atoms with Crippen LogP contribution in [0.3, 0.4) is 0 Å². The standard InChI is InChI=1S/C18H24N2O3S2/c1-5-7-8-11-20(16(21)14-10-9-12(3)24-14)18-19-13(4)15(25-18)17(22)23-6-2/h9-10H,5-8,11H2,1-4H3. The number of nitrogens with zero attached hydrogens (tertiary/aromatic N) is 2. The van der Waals surface area contributed by atoms with E-state index < -0.39 is 0 Å².